The number of fused-ring (bicyclic) bond motifs is 2. The molecule has 0 atom stereocenters. The lowest BCUT2D eigenvalue weighted by Gasteiger charge is -2.15. The van der Waals surface area contributed by atoms with Crippen LogP contribution in [0.4, 0.5) is 11.4 Å². The Balaban J connectivity index is 1.62. The molecule has 8 heteroatoms. The van der Waals surface area contributed by atoms with Crippen molar-refractivity contribution >= 4 is 22.4 Å². The number of hydrogen-bond acceptors (Lipinski definition) is 7. The second kappa shape index (κ2) is 10.9. The van der Waals surface area contributed by atoms with Crippen LogP contribution >= 0.6 is 0 Å². The molecule has 1 aliphatic rings. The third-order valence-corrected chi connectivity index (χ3v) is 6.23. The van der Waals surface area contributed by atoms with E-state index >= 15 is 0 Å². The van der Waals surface area contributed by atoms with E-state index in [0.717, 1.165) is 62.7 Å². The fourth-order valence-electron chi connectivity index (χ4n) is 4.51. The van der Waals surface area contributed by atoms with Crippen molar-refractivity contribution in [2.24, 2.45) is 17.8 Å². The predicted molar refractivity (Wildman–Crippen MR) is 154 cm³/mol. The summed E-state index contributed by atoms with van der Waals surface area (Å²) in [5.74, 6) is 3.08. The second-order valence-corrected chi connectivity index (χ2v) is 11.2. The smallest absolute Gasteiger partial charge is 0.123 e. The molecule has 8 nitrogen and oxygen atoms in total. The average molecular weight is 515 g/mol. The number of aromatic nitrogens is 3. The van der Waals surface area contributed by atoms with Crippen molar-refractivity contribution in [1.82, 2.24) is 20.5 Å². The lowest BCUT2D eigenvalue weighted by Crippen LogP contribution is -2.19. The van der Waals surface area contributed by atoms with Crippen molar-refractivity contribution in [2.75, 3.05) is 24.1 Å². The van der Waals surface area contributed by atoms with Crippen molar-refractivity contribution in [3.63, 3.8) is 0 Å². The van der Waals surface area contributed by atoms with Gasteiger partial charge in [0.25, 0.3) is 0 Å². The summed E-state index contributed by atoms with van der Waals surface area (Å²) in [5.41, 5.74) is 17.4. The van der Waals surface area contributed by atoms with Gasteiger partial charge >= 0.3 is 0 Å². The van der Waals surface area contributed by atoms with Gasteiger partial charge in [-0.3, -0.25) is 0 Å². The molecule has 200 valence electrons. The number of nitrogens with zero attached hydrogens (tertiary/aromatic N) is 3. The Bertz CT molecular complexity index is 1290. The average Bonchev–Trinajstić information content (AvgIpc) is 3.52. The van der Waals surface area contributed by atoms with Crippen molar-refractivity contribution in [1.29, 1.82) is 0 Å². The molecular weight excluding hydrogens is 476 g/mol. The molecule has 0 amide bonds. The van der Waals surface area contributed by atoms with Gasteiger partial charge in [0.05, 0.1) is 31.1 Å². The Morgan fingerprint density at radius 1 is 0.632 bits per heavy atom. The van der Waals surface area contributed by atoms with Crippen LogP contribution in [-0.2, 0) is 6.54 Å². The van der Waals surface area contributed by atoms with E-state index in [4.69, 9.17) is 19.7 Å². The molecule has 1 aliphatic heterocycles. The first kappa shape index (κ1) is 25.9. The summed E-state index contributed by atoms with van der Waals surface area (Å²) >= 11 is 0. The first-order chi connectivity index (χ1) is 18.3. The highest BCUT2D eigenvalue weighted by molar-refractivity contribution is 6.14. The third-order valence-electron chi connectivity index (χ3n) is 6.23. The number of hydrogen-bond donors (Lipinski definition) is 3. The van der Waals surface area contributed by atoms with Gasteiger partial charge in [-0.05, 0) is 53.1 Å². The molecule has 0 fully saturated rings. The summed E-state index contributed by atoms with van der Waals surface area (Å²) in [6.07, 6.45) is 0. The molecule has 0 aliphatic carbocycles. The standard InChI is InChI=1S/C30H38N6O2/c1-18(2)15-36-33-29-25(21-7-11-23(12-8-21)37-16-19(3)4)27-28(32-35-31-27)26(30(29)34-36)22-9-13-24(14-10-22)38-17-20(5)6/h7-14,18-20,31-32,35H,15-17H2,1-6H3. The summed E-state index contributed by atoms with van der Waals surface area (Å²) in [7, 11) is 0. The monoisotopic (exact) mass is 514 g/mol. The third kappa shape index (κ3) is 5.41. The van der Waals surface area contributed by atoms with Crippen LogP contribution in [0.1, 0.15) is 41.5 Å². The highest BCUT2D eigenvalue weighted by Crippen LogP contribution is 2.48. The van der Waals surface area contributed by atoms with Crippen LogP contribution < -0.4 is 25.9 Å². The Labute approximate surface area is 224 Å². The minimum absolute atomic E-state index is 0.420. The van der Waals surface area contributed by atoms with Gasteiger partial charge < -0.3 is 20.3 Å². The molecule has 0 spiro atoms. The maximum Gasteiger partial charge on any atom is 0.123 e. The van der Waals surface area contributed by atoms with E-state index in [9.17, 15) is 0 Å². The molecule has 4 aromatic rings. The molecule has 3 aromatic carbocycles. The van der Waals surface area contributed by atoms with Gasteiger partial charge in [0.2, 0.25) is 0 Å². The predicted octanol–water partition coefficient (Wildman–Crippen LogP) is 6.75. The van der Waals surface area contributed by atoms with Crippen LogP contribution in [0.25, 0.3) is 33.3 Å². The highest BCUT2D eigenvalue weighted by atomic mass is 16.5. The summed E-state index contributed by atoms with van der Waals surface area (Å²) < 4.78 is 11.8. The second-order valence-electron chi connectivity index (χ2n) is 11.2. The van der Waals surface area contributed by atoms with Crippen molar-refractivity contribution < 1.29 is 9.47 Å². The summed E-state index contributed by atoms with van der Waals surface area (Å²) in [6, 6.07) is 16.4. The fourth-order valence-corrected chi connectivity index (χ4v) is 4.51. The minimum Gasteiger partial charge on any atom is -0.493 e. The lowest BCUT2D eigenvalue weighted by molar-refractivity contribution is 0.271. The van der Waals surface area contributed by atoms with Crippen LogP contribution in [0.2, 0.25) is 0 Å². The molecule has 1 aromatic heterocycles. The Kier molecular flexibility index (Phi) is 7.42. The van der Waals surface area contributed by atoms with Crippen LogP contribution in [-0.4, -0.2) is 28.2 Å². The normalized spacial score (nSPS) is 12.8. The zero-order valence-electron chi connectivity index (χ0n) is 23.1. The fraction of sp³-hybridized carbons (Fsp3) is 0.400. The van der Waals surface area contributed by atoms with Crippen molar-refractivity contribution in [3.05, 3.63) is 48.5 Å². The number of ether oxygens (including phenoxy) is 2. The van der Waals surface area contributed by atoms with E-state index in [1.807, 2.05) is 29.1 Å². The first-order valence-corrected chi connectivity index (χ1v) is 13.5. The van der Waals surface area contributed by atoms with E-state index in [1.165, 1.54) is 0 Å². The number of anilines is 2. The molecule has 38 heavy (non-hydrogen) atoms. The lowest BCUT2D eigenvalue weighted by atomic mass is 9.94. The van der Waals surface area contributed by atoms with Gasteiger partial charge in [-0.2, -0.15) is 15.0 Å². The molecule has 0 radical (unpaired) electrons. The zero-order chi connectivity index (χ0) is 26.8. The van der Waals surface area contributed by atoms with Gasteiger partial charge in [0.1, 0.15) is 22.5 Å². The molecular formula is C30H38N6O2. The molecule has 0 unspecified atom stereocenters. The van der Waals surface area contributed by atoms with E-state index in [2.05, 4.69) is 82.2 Å². The first-order valence-electron chi connectivity index (χ1n) is 13.5. The maximum atomic E-state index is 5.92. The maximum absolute atomic E-state index is 5.92. The van der Waals surface area contributed by atoms with E-state index in [-0.39, 0.29) is 0 Å². The summed E-state index contributed by atoms with van der Waals surface area (Å²) in [4.78, 5) is 1.82. The van der Waals surface area contributed by atoms with E-state index in [0.29, 0.717) is 31.0 Å². The van der Waals surface area contributed by atoms with Gasteiger partial charge in [-0.15, -0.1) is 5.53 Å². The van der Waals surface area contributed by atoms with Crippen molar-refractivity contribution in [2.45, 2.75) is 48.1 Å². The molecule has 0 bridgehead atoms. The molecule has 0 saturated carbocycles. The van der Waals surface area contributed by atoms with E-state index < -0.39 is 0 Å². The largest absolute Gasteiger partial charge is 0.493 e. The Morgan fingerprint density at radius 2 is 1.05 bits per heavy atom. The summed E-state index contributed by atoms with van der Waals surface area (Å²) in [5, 5.41) is 9.99. The van der Waals surface area contributed by atoms with Crippen molar-refractivity contribution in [3.8, 4) is 33.8 Å². The number of hydrazine groups is 2. The quantitative estimate of drug-likeness (QED) is 0.216. The van der Waals surface area contributed by atoms with Gasteiger partial charge in [-0.1, -0.05) is 65.8 Å². The van der Waals surface area contributed by atoms with Crippen LogP contribution in [0.5, 0.6) is 11.5 Å². The van der Waals surface area contributed by atoms with Gasteiger partial charge in [0.15, 0.2) is 0 Å². The van der Waals surface area contributed by atoms with Gasteiger partial charge in [-0.25, -0.2) is 0 Å². The molecule has 2 heterocycles. The number of rotatable bonds is 10. The topological polar surface area (TPSA) is 85.3 Å². The molecule has 3 N–H and O–H groups in total. The molecule has 0 saturated heterocycles. The van der Waals surface area contributed by atoms with E-state index in [1.54, 1.807) is 0 Å². The Hall–Kier alpha value is -3.78. The SMILES string of the molecule is CC(C)COc1ccc(-c2c3c(c(-c4ccc(OCC(C)C)cc4)c4nn(CC(C)C)nc24)NNN3)cc1. The minimum atomic E-state index is 0.420. The van der Waals surface area contributed by atoms with Gasteiger partial charge in [0, 0.05) is 11.1 Å². The zero-order valence-corrected chi connectivity index (χ0v) is 23.1. The number of benzene rings is 3. The highest BCUT2D eigenvalue weighted by Gasteiger charge is 2.28. The van der Waals surface area contributed by atoms with Crippen LogP contribution in [0.15, 0.2) is 48.5 Å². The Morgan fingerprint density at radius 3 is 1.42 bits per heavy atom. The summed E-state index contributed by atoms with van der Waals surface area (Å²) in [6.45, 7) is 15.1. The number of nitrogens with one attached hydrogen (secondary N) is 3. The van der Waals surface area contributed by atoms with Crippen LogP contribution in [0.3, 0.4) is 0 Å². The molecule has 5 rings (SSSR count). The van der Waals surface area contributed by atoms with Crippen LogP contribution in [0, 0.1) is 17.8 Å².